The first-order valence-corrected chi connectivity index (χ1v) is 16.7. The van der Waals surface area contributed by atoms with Gasteiger partial charge in [-0.25, -0.2) is 0 Å². The Morgan fingerprint density at radius 2 is 1.08 bits per heavy atom. The van der Waals surface area contributed by atoms with Crippen LogP contribution in [0.5, 0.6) is 0 Å². The number of nitrogens with zero attached hydrogens (tertiary/aromatic N) is 1. The highest BCUT2D eigenvalue weighted by Crippen LogP contribution is 2.40. The molecule has 0 saturated heterocycles. The zero-order valence-corrected chi connectivity index (χ0v) is 26.6. The highest BCUT2D eigenvalue weighted by Gasteiger charge is 2.17. The molecule has 0 amide bonds. The van der Waals surface area contributed by atoms with Crippen molar-refractivity contribution in [3.63, 3.8) is 0 Å². The molecular weight excluding hydrogens is 597 g/mol. The third-order valence-electron chi connectivity index (χ3n) is 9.78. The first-order valence-electron chi connectivity index (χ1n) is 16.7. The molecule has 0 aliphatic heterocycles. The lowest BCUT2D eigenvalue weighted by atomic mass is 9.95. The van der Waals surface area contributed by atoms with Crippen LogP contribution in [0, 0.1) is 0 Å². The van der Waals surface area contributed by atoms with Gasteiger partial charge >= 0.3 is 0 Å². The Morgan fingerprint density at radius 1 is 0.408 bits per heavy atom. The second kappa shape index (κ2) is 11.0. The molecule has 0 spiro atoms. The third-order valence-corrected chi connectivity index (χ3v) is 9.78. The number of nitrogens with one attached hydrogen (secondary N) is 1. The number of hydrogen-bond donors (Lipinski definition) is 1. The van der Waals surface area contributed by atoms with E-state index in [9.17, 15) is 0 Å². The second-order valence-corrected chi connectivity index (χ2v) is 12.6. The fourth-order valence-corrected chi connectivity index (χ4v) is 7.46. The quantitative estimate of drug-likeness (QED) is 0.206. The third kappa shape index (κ3) is 4.51. The SMILES string of the molecule is c1ccc(Nc2ccc(-c3ccc4c(c3)c3ccccc3n4-c3cccc4ccccc34)cc2-c2ccc3c(c2)oc2ccccc23)cc1. The molecule has 0 saturated carbocycles. The Kier molecular flexibility index (Phi) is 6.18. The molecule has 3 nitrogen and oxygen atoms in total. The van der Waals surface area contributed by atoms with Crippen molar-refractivity contribution in [2.45, 2.75) is 0 Å². The molecular formula is C46H30N2O. The fraction of sp³-hybridized carbons (Fsp3) is 0. The molecule has 0 atom stereocenters. The first kappa shape index (κ1) is 27.5. The van der Waals surface area contributed by atoms with E-state index in [0.29, 0.717) is 0 Å². The van der Waals surface area contributed by atoms with Crippen LogP contribution in [0.2, 0.25) is 0 Å². The summed E-state index contributed by atoms with van der Waals surface area (Å²) < 4.78 is 8.73. The smallest absolute Gasteiger partial charge is 0.136 e. The zero-order valence-electron chi connectivity index (χ0n) is 26.6. The maximum atomic E-state index is 6.32. The van der Waals surface area contributed by atoms with Crippen molar-refractivity contribution in [2.75, 3.05) is 5.32 Å². The van der Waals surface area contributed by atoms with Crippen molar-refractivity contribution in [1.82, 2.24) is 4.57 Å². The molecule has 10 aromatic rings. The maximum absolute atomic E-state index is 6.32. The Bertz CT molecular complexity index is 2850. The monoisotopic (exact) mass is 626 g/mol. The molecule has 10 rings (SSSR count). The minimum absolute atomic E-state index is 0.887. The lowest BCUT2D eigenvalue weighted by molar-refractivity contribution is 0.669. The van der Waals surface area contributed by atoms with Crippen molar-refractivity contribution in [3.05, 3.63) is 176 Å². The topological polar surface area (TPSA) is 30.1 Å². The van der Waals surface area contributed by atoms with Crippen LogP contribution >= 0.6 is 0 Å². The highest BCUT2D eigenvalue weighted by atomic mass is 16.3. The van der Waals surface area contributed by atoms with Gasteiger partial charge in [-0.1, -0.05) is 109 Å². The minimum Gasteiger partial charge on any atom is -0.456 e. The Hall–Kier alpha value is -6.58. The first-order chi connectivity index (χ1) is 24.3. The summed E-state index contributed by atoms with van der Waals surface area (Å²) in [6.45, 7) is 0. The van der Waals surface area contributed by atoms with Gasteiger partial charge in [0.05, 0.1) is 16.7 Å². The van der Waals surface area contributed by atoms with Gasteiger partial charge in [-0.15, -0.1) is 0 Å². The van der Waals surface area contributed by atoms with Crippen LogP contribution in [-0.4, -0.2) is 4.57 Å². The molecule has 3 heteroatoms. The van der Waals surface area contributed by atoms with Gasteiger partial charge in [0, 0.05) is 43.9 Å². The normalized spacial score (nSPS) is 11.7. The van der Waals surface area contributed by atoms with E-state index in [2.05, 4.69) is 168 Å². The number of aromatic nitrogens is 1. The molecule has 2 heterocycles. The van der Waals surface area contributed by atoms with E-state index in [1.165, 1.54) is 43.8 Å². The van der Waals surface area contributed by atoms with Gasteiger partial charge in [-0.3, -0.25) is 0 Å². The molecule has 0 unspecified atom stereocenters. The van der Waals surface area contributed by atoms with Crippen LogP contribution in [0.1, 0.15) is 0 Å². The summed E-state index contributed by atoms with van der Waals surface area (Å²) >= 11 is 0. The Labute approximate surface area is 283 Å². The van der Waals surface area contributed by atoms with E-state index in [1.54, 1.807) is 0 Å². The average Bonchev–Trinajstić information content (AvgIpc) is 3.70. The standard InChI is InChI=1S/C46H30N2O/c1-2-13-34(14-3-1)47-41-25-22-31(27-39(41)33-21-24-38-37-17-7-9-20-45(37)49-46(38)29-33)32-23-26-44-40(28-32)36-16-6-8-18-43(36)48(44)42-19-10-12-30-11-4-5-15-35(30)42/h1-29,47H. The van der Waals surface area contributed by atoms with E-state index >= 15 is 0 Å². The van der Waals surface area contributed by atoms with E-state index in [4.69, 9.17) is 4.42 Å². The van der Waals surface area contributed by atoms with Crippen molar-refractivity contribution >= 4 is 65.9 Å². The molecule has 1 N–H and O–H groups in total. The molecule has 0 fully saturated rings. The number of anilines is 2. The maximum Gasteiger partial charge on any atom is 0.136 e. The average molecular weight is 627 g/mol. The Morgan fingerprint density at radius 3 is 2.00 bits per heavy atom. The number of para-hydroxylation sites is 3. The van der Waals surface area contributed by atoms with Crippen LogP contribution in [0.4, 0.5) is 11.4 Å². The minimum atomic E-state index is 0.887. The molecule has 230 valence electrons. The summed E-state index contributed by atoms with van der Waals surface area (Å²) in [5, 5.41) is 10.9. The predicted octanol–water partition coefficient (Wildman–Crippen LogP) is 12.9. The van der Waals surface area contributed by atoms with Gasteiger partial charge in [0.1, 0.15) is 11.2 Å². The molecule has 0 aliphatic rings. The number of fused-ring (bicyclic) bond motifs is 7. The van der Waals surface area contributed by atoms with Gasteiger partial charge < -0.3 is 14.3 Å². The van der Waals surface area contributed by atoms with E-state index in [-0.39, 0.29) is 0 Å². The molecule has 49 heavy (non-hydrogen) atoms. The summed E-state index contributed by atoms with van der Waals surface area (Å²) in [7, 11) is 0. The lowest BCUT2D eigenvalue weighted by Crippen LogP contribution is -1.95. The van der Waals surface area contributed by atoms with Crippen LogP contribution < -0.4 is 5.32 Å². The number of hydrogen-bond acceptors (Lipinski definition) is 2. The summed E-state index contributed by atoms with van der Waals surface area (Å²) in [5.41, 5.74) is 12.0. The van der Waals surface area contributed by atoms with Crippen LogP contribution in [-0.2, 0) is 0 Å². The van der Waals surface area contributed by atoms with E-state index < -0.39 is 0 Å². The lowest BCUT2D eigenvalue weighted by Gasteiger charge is -2.15. The van der Waals surface area contributed by atoms with Gasteiger partial charge in [0.15, 0.2) is 0 Å². The van der Waals surface area contributed by atoms with Crippen molar-refractivity contribution in [1.29, 1.82) is 0 Å². The van der Waals surface area contributed by atoms with E-state index in [1.807, 2.05) is 18.2 Å². The zero-order chi connectivity index (χ0) is 32.3. The molecule has 8 aromatic carbocycles. The fourth-order valence-electron chi connectivity index (χ4n) is 7.46. The van der Waals surface area contributed by atoms with Crippen LogP contribution in [0.15, 0.2) is 180 Å². The molecule has 2 aromatic heterocycles. The van der Waals surface area contributed by atoms with Crippen LogP contribution in [0.25, 0.3) is 82.5 Å². The van der Waals surface area contributed by atoms with Crippen LogP contribution in [0.3, 0.4) is 0 Å². The largest absolute Gasteiger partial charge is 0.456 e. The number of furan rings is 1. The van der Waals surface area contributed by atoms with Gasteiger partial charge in [0.25, 0.3) is 0 Å². The number of benzene rings is 8. The van der Waals surface area contributed by atoms with E-state index in [0.717, 1.165) is 50.0 Å². The van der Waals surface area contributed by atoms with Crippen molar-refractivity contribution in [2.24, 2.45) is 0 Å². The predicted molar refractivity (Wildman–Crippen MR) is 206 cm³/mol. The van der Waals surface area contributed by atoms with Gasteiger partial charge in [-0.05, 0) is 88.8 Å². The Balaban J connectivity index is 1.15. The summed E-state index contributed by atoms with van der Waals surface area (Å²) in [4.78, 5) is 0. The van der Waals surface area contributed by atoms with Gasteiger partial charge in [-0.2, -0.15) is 0 Å². The summed E-state index contributed by atoms with van der Waals surface area (Å²) in [6.07, 6.45) is 0. The van der Waals surface area contributed by atoms with Gasteiger partial charge in [0.2, 0.25) is 0 Å². The van der Waals surface area contributed by atoms with Crippen molar-refractivity contribution in [3.8, 4) is 27.9 Å². The highest BCUT2D eigenvalue weighted by molar-refractivity contribution is 6.12. The number of rotatable bonds is 5. The molecule has 0 aliphatic carbocycles. The van der Waals surface area contributed by atoms with Crippen molar-refractivity contribution < 1.29 is 4.42 Å². The second-order valence-electron chi connectivity index (χ2n) is 12.6. The summed E-state index contributed by atoms with van der Waals surface area (Å²) in [6, 6.07) is 62.7. The molecule has 0 bridgehead atoms. The molecule has 0 radical (unpaired) electrons. The summed E-state index contributed by atoms with van der Waals surface area (Å²) in [5.74, 6) is 0.